The number of likely N-dealkylation sites (tertiary alicyclic amines) is 1. The lowest BCUT2D eigenvalue weighted by Crippen LogP contribution is -2.47. The minimum atomic E-state index is -0.128. The number of benzene rings is 3. The third kappa shape index (κ3) is 5.12. The van der Waals surface area contributed by atoms with Crippen LogP contribution in [0, 0.1) is 0 Å². The second-order valence-corrected chi connectivity index (χ2v) is 10.6. The Morgan fingerprint density at radius 3 is 2.18 bits per heavy atom. The summed E-state index contributed by atoms with van der Waals surface area (Å²) in [5.74, 6) is 0.671. The maximum absolute atomic E-state index is 13.9. The molecule has 2 amide bonds. The molecule has 0 saturated carbocycles. The molecule has 0 bridgehead atoms. The van der Waals surface area contributed by atoms with Gasteiger partial charge in [-0.05, 0) is 93.2 Å². The Morgan fingerprint density at radius 1 is 0.868 bits per heavy atom. The van der Waals surface area contributed by atoms with Gasteiger partial charge in [0.15, 0.2) is 0 Å². The molecule has 3 aromatic rings. The smallest absolute Gasteiger partial charge is 0.258 e. The number of carbonyl (C=O) groups is 2. The first kappa shape index (κ1) is 26.2. The number of hydrogen-bond acceptors (Lipinski definition) is 3. The zero-order chi connectivity index (χ0) is 26.6. The normalized spacial score (nSPS) is 20.1. The Hall–Kier alpha value is -3.44. The van der Waals surface area contributed by atoms with Gasteiger partial charge in [0.1, 0.15) is 0 Å². The average molecular weight is 510 g/mol. The number of piperidine rings is 1. The first-order valence-corrected chi connectivity index (χ1v) is 14.1. The number of carbonyl (C=O) groups excluding carboxylic acids is 2. The van der Waals surface area contributed by atoms with E-state index < -0.39 is 0 Å². The summed E-state index contributed by atoms with van der Waals surface area (Å²) >= 11 is 0. The molecule has 5 nitrogen and oxygen atoms in total. The largest absolute Gasteiger partial charge is 0.305 e. The molecule has 0 radical (unpaired) electrons. The molecular formula is C33H39N3O2. The van der Waals surface area contributed by atoms with Gasteiger partial charge in [0, 0.05) is 29.4 Å². The molecule has 38 heavy (non-hydrogen) atoms. The molecule has 2 heterocycles. The quantitative estimate of drug-likeness (QED) is 0.367. The number of anilines is 2. The molecule has 3 aromatic carbocycles. The Morgan fingerprint density at radius 2 is 1.53 bits per heavy atom. The van der Waals surface area contributed by atoms with Crippen molar-refractivity contribution in [1.29, 1.82) is 0 Å². The minimum absolute atomic E-state index is 0.0174. The van der Waals surface area contributed by atoms with Crippen molar-refractivity contribution in [3.8, 4) is 0 Å². The van der Waals surface area contributed by atoms with Gasteiger partial charge in [0.2, 0.25) is 5.91 Å². The Bertz CT molecular complexity index is 1250. The van der Waals surface area contributed by atoms with E-state index in [0.717, 1.165) is 36.6 Å². The lowest BCUT2D eigenvalue weighted by Gasteiger charge is -2.43. The van der Waals surface area contributed by atoms with Gasteiger partial charge in [-0.3, -0.25) is 9.59 Å². The van der Waals surface area contributed by atoms with Crippen LogP contribution < -0.4 is 9.80 Å². The second kappa shape index (κ2) is 11.5. The third-order valence-corrected chi connectivity index (χ3v) is 8.36. The van der Waals surface area contributed by atoms with Gasteiger partial charge >= 0.3 is 0 Å². The highest BCUT2D eigenvalue weighted by Crippen LogP contribution is 2.43. The number of hydrogen-bond donors (Lipinski definition) is 0. The second-order valence-electron chi connectivity index (χ2n) is 10.6. The van der Waals surface area contributed by atoms with E-state index in [-0.39, 0.29) is 23.9 Å². The molecule has 2 aliphatic rings. The molecular weight excluding hydrogens is 470 g/mol. The van der Waals surface area contributed by atoms with E-state index in [9.17, 15) is 9.59 Å². The lowest BCUT2D eigenvalue weighted by molar-refractivity contribution is -0.118. The third-order valence-electron chi connectivity index (χ3n) is 8.36. The van der Waals surface area contributed by atoms with Crippen LogP contribution in [0.4, 0.5) is 11.4 Å². The Balaban J connectivity index is 1.42. The maximum atomic E-state index is 13.9. The number of amides is 2. The van der Waals surface area contributed by atoms with Crippen molar-refractivity contribution >= 4 is 23.2 Å². The van der Waals surface area contributed by atoms with Gasteiger partial charge in [0.25, 0.3) is 5.91 Å². The summed E-state index contributed by atoms with van der Waals surface area (Å²) < 4.78 is 0. The van der Waals surface area contributed by atoms with Gasteiger partial charge in [-0.15, -0.1) is 0 Å². The van der Waals surface area contributed by atoms with Crippen LogP contribution in [0.25, 0.3) is 0 Å². The topological polar surface area (TPSA) is 43.9 Å². The van der Waals surface area contributed by atoms with E-state index in [2.05, 4.69) is 36.9 Å². The van der Waals surface area contributed by atoms with Crippen LogP contribution in [0.5, 0.6) is 0 Å². The van der Waals surface area contributed by atoms with Crippen LogP contribution in [-0.2, 0) is 4.79 Å². The van der Waals surface area contributed by atoms with Crippen molar-refractivity contribution in [2.45, 2.75) is 64.5 Å². The molecule has 5 rings (SSSR count). The highest BCUT2D eigenvalue weighted by molar-refractivity contribution is 6.07. The molecule has 1 fully saturated rings. The van der Waals surface area contributed by atoms with Crippen LogP contribution in [-0.4, -0.2) is 42.4 Å². The zero-order valence-corrected chi connectivity index (χ0v) is 22.8. The summed E-state index contributed by atoms with van der Waals surface area (Å²) in [6.07, 6.45) is 3.45. The summed E-state index contributed by atoms with van der Waals surface area (Å²) in [7, 11) is 0. The summed E-state index contributed by atoms with van der Waals surface area (Å²) in [5, 5.41) is 0. The molecule has 1 saturated heterocycles. The van der Waals surface area contributed by atoms with Crippen LogP contribution >= 0.6 is 0 Å². The molecule has 2 atom stereocenters. The molecule has 0 aromatic heterocycles. The van der Waals surface area contributed by atoms with Crippen molar-refractivity contribution in [2.24, 2.45) is 0 Å². The fraction of sp³-hybridized carbons (Fsp3) is 0.394. The summed E-state index contributed by atoms with van der Waals surface area (Å²) in [6.45, 7) is 9.63. The van der Waals surface area contributed by atoms with Gasteiger partial charge in [-0.25, -0.2) is 0 Å². The molecule has 0 N–H and O–H groups in total. The standard InChI is InChI=1S/C33H39N3O2/c1-4-32(37)36(28-11-7-6-8-12-28)31-23-24(3)35(30-14-10-9-13-29(30)31)33(38)27-17-15-25(16-18-27)26-19-21-34(5-2)22-20-26/h6-18,24,26,31H,4-5,19-23H2,1-3H3. The maximum Gasteiger partial charge on any atom is 0.258 e. The molecule has 0 spiro atoms. The fourth-order valence-electron chi connectivity index (χ4n) is 6.21. The molecule has 2 unspecified atom stereocenters. The summed E-state index contributed by atoms with van der Waals surface area (Å²) in [6, 6.07) is 26.1. The number of para-hydroxylation sites is 2. The van der Waals surface area contributed by atoms with E-state index in [1.165, 1.54) is 18.4 Å². The number of nitrogens with zero attached hydrogens (tertiary/aromatic N) is 3. The number of rotatable bonds is 6. The van der Waals surface area contributed by atoms with Gasteiger partial charge in [0.05, 0.1) is 6.04 Å². The first-order chi connectivity index (χ1) is 18.5. The average Bonchev–Trinajstić information content (AvgIpc) is 2.97. The minimum Gasteiger partial charge on any atom is -0.305 e. The predicted molar refractivity (Wildman–Crippen MR) is 155 cm³/mol. The molecule has 198 valence electrons. The van der Waals surface area contributed by atoms with Crippen molar-refractivity contribution < 1.29 is 9.59 Å². The number of fused-ring (bicyclic) bond motifs is 1. The molecule has 0 aliphatic carbocycles. The highest BCUT2D eigenvalue weighted by Gasteiger charge is 2.38. The van der Waals surface area contributed by atoms with Crippen LogP contribution in [0.15, 0.2) is 78.9 Å². The highest BCUT2D eigenvalue weighted by atomic mass is 16.2. The van der Waals surface area contributed by atoms with Gasteiger partial charge in [-0.1, -0.05) is 62.4 Å². The van der Waals surface area contributed by atoms with Gasteiger partial charge in [-0.2, -0.15) is 0 Å². The Labute approximate surface area is 227 Å². The SMILES string of the molecule is CCC(=O)N(c1ccccc1)C1CC(C)N(C(=O)c2ccc(C3CCN(CC)CC3)cc2)c2ccccc21. The van der Waals surface area contributed by atoms with E-state index in [1.54, 1.807) is 0 Å². The van der Waals surface area contributed by atoms with E-state index in [0.29, 0.717) is 24.3 Å². The van der Waals surface area contributed by atoms with Crippen LogP contribution in [0.2, 0.25) is 0 Å². The van der Waals surface area contributed by atoms with Crippen molar-refractivity contribution in [3.63, 3.8) is 0 Å². The van der Waals surface area contributed by atoms with Crippen molar-refractivity contribution in [1.82, 2.24) is 4.90 Å². The lowest BCUT2D eigenvalue weighted by atomic mass is 9.88. The Kier molecular flexibility index (Phi) is 7.94. The van der Waals surface area contributed by atoms with Crippen LogP contribution in [0.1, 0.15) is 79.9 Å². The van der Waals surface area contributed by atoms with Crippen molar-refractivity contribution in [2.75, 3.05) is 29.4 Å². The van der Waals surface area contributed by atoms with E-state index in [1.807, 2.05) is 77.4 Å². The zero-order valence-electron chi connectivity index (χ0n) is 22.8. The fourth-order valence-corrected chi connectivity index (χ4v) is 6.21. The molecule has 5 heteroatoms. The monoisotopic (exact) mass is 509 g/mol. The summed E-state index contributed by atoms with van der Waals surface area (Å²) in [5.41, 5.74) is 4.85. The van der Waals surface area contributed by atoms with Crippen LogP contribution in [0.3, 0.4) is 0 Å². The van der Waals surface area contributed by atoms with E-state index in [4.69, 9.17) is 0 Å². The summed E-state index contributed by atoms with van der Waals surface area (Å²) in [4.78, 5) is 33.5. The first-order valence-electron chi connectivity index (χ1n) is 14.1. The van der Waals surface area contributed by atoms with Gasteiger partial charge < -0.3 is 14.7 Å². The molecule has 2 aliphatic heterocycles. The predicted octanol–water partition coefficient (Wildman–Crippen LogP) is 6.81. The van der Waals surface area contributed by atoms with E-state index >= 15 is 0 Å². The van der Waals surface area contributed by atoms with Crippen molar-refractivity contribution in [3.05, 3.63) is 95.6 Å².